The first-order valence-electron chi connectivity index (χ1n) is 9.79. The first kappa shape index (κ1) is 19.5. The zero-order valence-electron chi connectivity index (χ0n) is 16.9. The molecule has 0 saturated heterocycles. The SMILES string of the molecule is Cc1ccccc1-c1cccc(C(=O)c2cccc(-c3ccccc3C)c2O)c1O. The van der Waals surface area contributed by atoms with Crippen molar-refractivity contribution < 1.29 is 15.0 Å². The standard InChI is InChI=1S/C27H22O3/c1-17-9-3-5-11-19(17)21-13-7-15-23(25(21)28)27(30)24-16-8-14-22(26(24)29)20-12-6-4-10-18(20)2/h3-16,28-29H,1-2H3. The number of aromatic hydroxyl groups is 2. The van der Waals surface area contributed by atoms with Gasteiger partial charge in [0.05, 0.1) is 11.1 Å². The van der Waals surface area contributed by atoms with Crippen LogP contribution >= 0.6 is 0 Å². The molecular formula is C27H22O3. The van der Waals surface area contributed by atoms with Crippen LogP contribution in [-0.4, -0.2) is 16.0 Å². The number of aryl methyl sites for hydroxylation is 2. The molecule has 0 saturated carbocycles. The number of hydrogen-bond donors (Lipinski definition) is 2. The van der Waals surface area contributed by atoms with Gasteiger partial charge in [0.15, 0.2) is 0 Å². The van der Waals surface area contributed by atoms with Gasteiger partial charge in [-0.05, 0) is 48.2 Å². The second kappa shape index (κ2) is 7.88. The Kier molecular flexibility index (Phi) is 5.11. The smallest absolute Gasteiger partial charge is 0.200 e. The lowest BCUT2D eigenvalue weighted by atomic mass is 9.92. The summed E-state index contributed by atoms with van der Waals surface area (Å²) in [6.45, 7) is 3.92. The van der Waals surface area contributed by atoms with E-state index in [1.165, 1.54) is 0 Å². The second-order valence-corrected chi connectivity index (χ2v) is 7.36. The predicted octanol–water partition coefficient (Wildman–Crippen LogP) is 6.28. The fourth-order valence-electron chi connectivity index (χ4n) is 3.78. The van der Waals surface area contributed by atoms with Gasteiger partial charge in [0.25, 0.3) is 0 Å². The summed E-state index contributed by atoms with van der Waals surface area (Å²) < 4.78 is 0. The quantitative estimate of drug-likeness (QED) is 0.401. The molecule has 0 fully saturated rings. The Labute approximate surface area is 175 Å². The van der Waals surface area contributed by atoms with Crippen molar-refractivity contribution in [3.8, 4) is 33.8 Å². The topological polar surface area (TPSA) is 57.5 Å². The molecule has 0 aliphatic rings. The van der Waals surface area contributed by atoms with Gasteiger partial charge in [0.2, 0.25) is 5.78 Å². The minimum Gasteiger partial charge on any atom is -0.507 e. The highest BCUT2D eigenvalue weighted by molar-refractivity contribution is 6.14. The van der Waals surface area contributed by atoms with Crippen molar-refractivity contribution >= 4 is 5.78 Å². The zero-order valence-corrected chi connectivity index (χ0v) is 16.9. The summed E-state index contributed by atoms with van der Waals surface area (Å²) in [6.07, 6.45) is 0. The van der Waals surface area contributed by atoms with E-state index >= 15 is 0 Å². The number of hydrogen-bond acceptors (Lipinski definition) is 3. The number of phenolic OH excluding ortho intramolecular Hbond substituents is 2. The number of carbonyl (C=O) groups excluding carboxylic acids is 1. The molecule has 0 radical (unpaired) electrons. The summed E-state index contributed by atoms with van der Waals surface area (Å²) in [7, 11) is 0. The van der Waals surface area contributed by atoms with Crippen molar-refractivity contribution in [1.82, 2.24) is 0 Å². The van der Waals surface area contributed by atoms with Gasteiger partial charge in [-0.3, -0.25) is 4.79 Å². The summed E-state index contributed by atoms with van der Waals surface area (Å²) in [6, 6.07) is 25.6. The maximum Gasteiger partial charge on any atom is 0.200 e. The Balaban J connectivity index is 1.82. The van der Waals surface area contributed by atoms with Gasteiger partial charge in [-0.1, -0.05) is 72.8 Å². The van der Waals surface area contributed by atoms with Crippen LogP contribution in [0.15, 0.2) is 84.9 Å². The molecule has 0 atom stereocenters. The molecule has 0 aliphatic heterocycles. The Morgan fingerprint density at radius 2 is 0.900 bits per heavy atom. The third-order valence-electron chi connectivity index (χ3n) is 5.43. The third-order valence-corrected chi connectivity index (χ3v) is 5.43. The molecule has 3 nitrogen and oxygen atoms in total. The van der Waals surface area contributed by atoms with E-state index in [9.17, 15) is 15.0 Å². The van der Waals surface area contributed by atoms with E-state index in [4.69, 9.17) is 0 Å². The molecule has 30 heavy (non-hydrogen) atoms. The van der Waals surface area contributed by atoms with Crippen molar-refractivity contribution in [2.75, 3.05) is 0 Å². The van der Waals surface area contributed by atoms with Gasteiger partial charge in [0, 0.05) is 11.1 Å². The Morgan fingerprint density at radius 1 is 0.533 bits per heavy atom. The van der Waals surface area contributed by atoms with Crippen LogP contribution in [0.25, 0.3) is 22.3 Å². The van der Waals surface area contributed by atoms with Crippen LogP contribution in [-0.2, 0) is 0 Å². The molecule has 3 heteroatoms. The summed E-state index contributed by atoms with van der Waals surface area (Å²) in [5.74, 6) is -0.592. The van der Waals surface area contributed by atoms with Crippen LogP contribution in [0, 0.1) is 13.8 Å². The van der Waals surface area contributed by atoms with Crippen LogP contribution in [0.1, 0.15) is 27.0 Å². The zero-order chi connectivity index (χ0) is 21.3. The lowest BCUT2D eigenvalue weighted by Gasteiger charge is -2.14. The molecule has 0 aliphatic carbocycles. The van der Waals surface area contributed by atoms with Crippen molar-refractivity contribution in [1.29, 1.82) is 0 Å². The highest BCUT2D eigenvalue weighted by Crippen LogP contribution is 2.38. The lowest BCUT2D eigenvalue weighted by molar-refractivity contribution is 0.103. The monoisotopic (exact) mass is 394 g/mol. The Hall–Kier alpha value is -3.85. The summed E-state index contributed by atoms with van der Waals surface area (Å²) in [4.78, 5) is 13.3. The summed E-state index contributed by atoms with van der Waals surface area (Å²) in [5.41, 5.74) is 5.23. The Morgan fingerprint density at radius 3 is 1.30 bits per heavy atom. The third kappa shape index (κ3) is 3.35. The van der Waals surface area contributed by atoms with E-state index in [0.29, 0.717) is 11.1 Å². The molecule has 0 bridgehead atoms. The van der Waals surface area contributed by atoms with E-state index in [1.54, 1.807) is 36.4 Å². The molecule has 0 aromatic heterocycles. The average molecular weight is 394 g/mol. The first-order valence-corrected chi connectivity index (χ1v) is 9.79. The molecule has 2 N–H and O–H groups in total. The van der Waals surface area contributed by atoms with Crippen molar-refractivity contribution in [2.24, 2.45) is 0 Å². The van der Waals surface area contributed by atoms with Crippen LogP contribution in [0.4, 0.5) is 0 Å². The minimum absolute atomic E-state index is 0.0857. The summed E-state index contributed by atoms with van der Waals surface area (Å²) >= 11 is 0. The molecular weight excluding hydrogens is 372 g/mol. The molecule has 0 heterocycles. The molecule has 0 spiro atoms. The second-order valence-electron chi connectivity index (χ2n) is 7.36. The van der Waals surface area contributed by atoms with E-state index in [0.717, 1.165) is 22.3 Å². The number of para-hydroxylation sites is 2. The first-order chi connectivity index (χ1) is 14.5. The van der Waals surface area contributed by atoms with Crippen molar-refractivity contribution in [2.45, 2.75) is 13.8 Å². The summed E-state index contributed by atoms with van der Waals surface area (Å²) in [5, 5.41) is 21.8. The molecule has 0 amide bonds. The Bertz CT molecular complexity index is 1160. The van der Waals surface area contributed by atoms with E-state index in [-0.39, 0.29) is 22.6 Å². The lowest BCUT2D eigenvalue weighted by Crippen LogP contribution is -2.04. The van der Waals surface area contributed by atoms with E-state index in [2.05, 4.69) is 0 Å². The highest BCUT2D eigenvalue weighted by Gasteiger charge is 2.22. The van der Waals surface area contributed by atoms with Gasteiger partial charge in [-0.25, -0.2) is 0 Å². The van der Waals surface area contributed by atoms with Crippen molar-refractivity contribution in [3.63, 3.8) is 0 Å². The van der Waals surface area contributed by atoms with Crippen molar-refractivity contribution in [3.05, 3.63) is 107 Å². The van der Waals surface area contributed by atoms with Gasteiger partial charge < -0.3 is 10.2 Å². The van der Waals surface area contributed by atoms with Crippen LogP contribution in [0.5, 0.6) is 11.5 Å². The number of benzene rings is 4. The molecule has 4 aromatic rings. The van der Waals surface area contributed by atoms with E-state index in [1.807, 2.05) is 62.4 Å². The van der Waals surface area contributed by atoms with Gasteiger partial charge in [-0.15, -0.1) is 0 Å². The van der Waals surface area contributed by atoms with E-state index < -0.39 is 5.78 Å². The minimum atomic E-state index is -0.420. The average Bonchev–Trinajstić information content (AvgIpc) is 2.75. The fourth-order valence-corrected chi connectivity index (χ4v) is 3.78. The van der Waals surface area contributed by atoms with Gasteiger partial charge >= 0.3 is 0 Å². The van der Waals surface area contributed by atoms with Crippen LogP contribution in [0.2, 0.25) is 0 Å². The number of ketones is 1. The van der Waals surface area contributed by atoms with Gasteiger partial charge in [-0.2, -0.15) is 0 Å². The number of phenols is 2. The van der Waals surface area contributed by atoms with Gasteiger partial charge in [0.1, 0.15) is 11.5 Å². The normalized spacial score (nSPS) is 10.7. The maximum atomic E-state index is 13.3. The van der Waals surface area contributed by atoms with Crippen LogP contribution in [0.3, 0.4) is 0 Å². The maximum absolute atomic E-state index is 13.3. The largest absolute Gasteiger partial charge is 0.507 e. The predicted molar refractivity (Wildman–Crippen MR) is 120 cm³/mol. The number of carbonyl (C=O) groups is 1. The fraction of sp³-hybridized carbons (Fsp3) is 0.0741. The van der Waals surface area contributed by atoms with Crippen LogP contribution < -0.4 is 0 Å². The molecule has 0 unspecified atom stereocenters. The molecule has 4 aromatic carbocycles. The molecule has 4 rings (SSSR count). The highest BCUT2D eigenvalue weighted by atomic mass is 16.3. The number of rotatable bonds is 4. The molecule has 148 valence electrons.